The molecule has 1 N–H and O–H groups in total. The summed E-state index contributed by atoms with van der Waals surface area (Å²) in [5.74, 6) is 1.08. The maximum atomic E-state index is 13.1. The number of hydrogen-bond donors (Lipinski definition) is 1. The minimum absolute atomic E-state index is 0.160. The summed E-state index contributed by atoms with van der Waals surface area (Å²) < 4.78 is 29.1. The zero-order valence-electron chi connectivity index (χ0n) is 16.5. The molecule has 3 aromatic carbocycles. The van der Waals surface area contributed by atoms with Crippen LogP contribution in [0.1, 0.15) is 0 Å². The fraction of sp³-hybridized carbons (Fsp3) is 0.0870. The second-order valence-electron chi connectivity index (χ2n) is 6.50. The number of methoxy groups -OCH3 is 1. The number of para-hydroxylation sites is 2. The molecule has 4 rings (SSSR count). The molecule has 0 saturated heterocycles. The van der Waals surface area contributed by atoms with Crippen LogP contribution >= 0.6 is 0 Å². The zero-order chi connectivity index (χ0) is 21.6. The van der Waals surface area contributed by atoms with E-state index in [-0.39, 0.29) is 18.3 Å². The summed E-state index contributed by atoms with van der Waals surface area (Å²) in [6.45, 7) is -0.160. The van der Waals surface area contributed by atoms with E-state index in [2.05, 4.69) is 15.5 Å². The van der Waals surface area contributed by atoms with Gasteiger partial charge in [0.1, 0.15) is 5.82 Å². The maximum Gasteiger partial charge on any atom is 0.262 e. The van der Waals surface area contributed by atoms with Crippen LogP contribution in [0.25, 0.3) is 22.8 Å². The highest BCUT2D eigenvalue weighted by atomic mass is 19.1. The summed E-state index contributed by atoms with van der Waals surface area (Å²) in [5.41, 5.74) is 1.93. The third kappa shape index (κ3) is 4.87. The van der Waals surface area contributed by atoms with E-state index >= 15 is 0 Å². The Hall–Kier alpha value is -4.20. The second kappa shape index (κ2) is 9.08. The van der Waals surface area contributed by atoms with Gasteiger partial charge in [-0.3, -0.25) is 4.79 Å². The molecule has 1 aromatic heterocycles. The van der Waals surface area contributed by atoms with Crippen LogP contribution in [0.4, 0.5) is 10.1 Å². The Morgan fingerprint density at radius 1 is 0.968 bits per heavy atom. The normalized spacial score (nSPS) is 10.5. The molecule has 1 heterocycles. The molecule has 0 aliphatic heterocycles. The third-order valence-electron chi connectivity index (χ3n) is 4.37. The minimum Gasteiger partial charge on any atom is -0.493 e. The van der Waals surface area contributed by atoms with Gasteiger partial charge in [-0.2, -0.15) is 4.98 Å². The van der Waals surface area contributed by atoms with Crippen molar-refractivity contribution < 1.29 is 23.2 Å². The Bertz CT molecular complexity index is 1170. The second-order valence-corrected chi connectivity index (χ2v) is 6.50. The van der Waals surface area contributed by atoms with Crippen molar-refractivity contribution in [2.45, 2.75) is 0 Å². The molecule has 0 unspecified atom stereocenters. The van der Waals surface area contributed by atoms with E-state index in [9.17, 15) is 9.18 Å². The van der Waals surface area contributed by atoms with Gasteiger partial charge in [-0.05, 0) is 60.7 Å². The van der Waals surface area contributed by atoms with Crippen molar-refractivity contribution in [3.63, 3.8) is 0 Å². The van der Waals surface area contributed by atoms with E-state index in [1.54, 1.807) is 54.6 Å². The summed E-state index contributed by atoms with van der Waals surface area (Å²) in [6, 6.07) is 19.9. The number of rotatable bonds is 7. The fourth-order valence-electron chi connectivity index (χ4n) is 2.83. The monoisotopic (exact) mass is 419 g/mol. The van der Waals surface area contributed by atoms with Gasteiger partial charge < -0.3 is 19.3 Å². The lowest BCUT2D eigenvalue weighted by Crippen LogP contribution is -2.20. The van der Waals surface area contributed by atoms with Crippen LogP contribution in [0.3, 0.4) is 0 Å². The quantitative estimate of drug-likeness (QED) is 0.472. The number of amides is 1. The Kier molecular flexibility index (Phi) is 5.89. The molecule has 1 amide bonds. The lowest BCUT2D eigenvalue weighted by molar-refractivity contribution is -0.118. The van der Waals surface area contributed by atoms with E-state index < -0.39 is 0 Å². The van der Waals surface area contributed by atoms with Crippen molar-refractivity contribution in [1.82, 2.24) is 10.1 Å². The van der Waals surface area contributed by atoms with Gasteiger partial charge in [-0.25, -0.2) is 4.39 Å². The first-order valence-electron chi connectivity index (χ1n) is 9.38. The Balaban J connectivity index is 1.37. The van der Waals surface area contributed by atoms with Crippen LogP contribution < -0.4 is 14.8 Å². The summed E-state index contributed by atoms with van der Waals surface area (Å²) >= 11 is 0. The van der Waals surface area contributed by atoms with Crippen LogP contribution in [-0.4, -0.2) is 29.8 Å². The van der Waals surface area contributed by atoms with E-state index in [4.69, 9.17) is 14.0 Å². The number of anilines is 1. The fourth-order valence-corrected chi connectivity index (χ4v) is 2.83. The summed E-state index contributed by atoms with van der Waals surface area (Å²) in [7, 11) is 1.54. The van der Waals surface area contributed by atoms with E-state index in [0.29, 0.717) is 40.0 Å². The third-order valence-corrected chi connectivity index (χ3v) is 4.37. The number of carbonyl (C=O) groups is 1. The topological polar surface area (TPSA) is 86.5 Å². The maximum absolute atomic E-state index is 13.1. The summed E-state index contributed by atoms with van der Waals surface area (Å²) in [4.78, 5) is 16.5. The van der Waals surface area contributed by atoms with Crippen molar-refractivity contribution in [3.05, 3.63) is 78.6 Å². The van der Waals surface area contributed by atoms with Crippen molar-refractivity contribution in [1.29, 1.82) is 0 Å². The van der Waals surface area contributed by atoms with Gasteiger partial charge in [0.2, 0.25) is 5.82 Å². The molecule has 0 fully saturated rings. The minimum atomic E-state index is -0.335. The molecule has 0 radical (unpaired) electrons. The van der Waals surface area contributed by atoms with Crippen molar-refractivity contribution in [2.75, 3.05) is 19.0 Å². The Morgan fingerprint density at radius 2 is 1.65 bits per heavy atom. The van der Waals surface area contributed by atoms with E-state index in [0.717, 1.165) is 0 Å². The highest BCUT2D eigenvalue weighted by Crippen LogP contribution is 2.26. The lowest BCUT2D eigenvalue weighted by atomic mass is 10.2. The van der Waals surface area contributed by atoms with Gasteiger partial charge in [0, 0.05) is 16.8 Å². The summed E-state index contributed by atoms with van der Waals surface area (Å²) in [5, 5.41) is 6.68. The number of ether oxygens (including phenoxy) is 2. The average molecular weight is 419 g/mol. The molecular weight excluding hydrogens is 401 g/mol. The highest BCUT2D eigenvalue weighted by molar-refractivity contribution is 5.92. The molecule has 31 heavy (non-hydrogen) atoms. The average Bonchev–Trinajstić information content (AvgIpc) is 3.29. The molecule has 8 heteroatoms. The molecule has 0 aliphatic carbocycles. The first kappa shape index (κ1) is 20.1. The van der Waals surface area contributed by atoms with Crippen molar-refractivity contribution >= 4 is 11.6 Å². The Labute approximate surface area is 177 Å². The molecule has 0 aliphatic rings. The SMILES string of the molecule is COc1ccccc1OCC(=O)Nc1ccc(-c2nc(-c3ccc(F)cc3)no2)cc1. The van der Waals surface area contributed by atoms with Gasteiger partial charge >= 0.3 is 0 Å². The van der Waals surface area contributed by atoms with Crippen LogP contribution in [0.2, 0.25) is 0 Å². The van der Waals surface area contributed by atoms with Crippen LogP contribution in [-0.2, 0) is 4.79 Å². The number of carbonyl (C=O) groups excluding carboxylic acids is 1. The van der Waals surface area contributed by atoms with Gasteiger partial charge in [0.25, 0.3) is 11.8 Å². The van der Waals surface area contributed by atoms with E-state index in [1.807, 2.05) is 6.07 Å². The largest absolute Gasteiger partial charge is 0.493 e. The number of hydrogen-bond acceptors (Lipinski definition) is 6. The zero-order valence-corrected chi connectivity index (χ0v) is 16.5. The molecular formula is C23H18FN3O4. The highest BCUT2D eigenvalue weighted by Gasteiger charge is 2.12. The van der Waals surface area contributed by atoms with Gasteiger partial charge in [-0.1, -0.05) is 17.3 Å². The molecule has 0 atom stereocenters. The van der Waals surface area contributed by atoms with Crippen molar-refractivity contribution in [2.24, 2.45) is 0 Å². The standard InChI is InChI=1S/C23H18FN3O4/c1-29-19-4-2-3-5-20(19)30-14-21(28)25-18-12-8-16(9-13-18)23-26-22(27-31-23)15-6-10-17(24)11-7-15/h2-13H,14H2,1H3,(H,25,28). The number of nitrogens with one attached hydrogen (secondary N) is 1. The first-order chi connectivity index (χ1) is 15.1. The smallest absolute Gasteiger partial charge is 0.262 e. The first-order valence-corrected chi connectivity index (χ1v) is 9.38. The Morgan fingerprint density at radius 3 is 2.35 bits per heavy atom. The predicted octanol–water partition coefficient (Wildman–Crippen LogP) is 4.57. The van der Waals surface area contributed by atoms with Crippen LogP contribution in [0.5, 0.6) is 11.5 Å². The lowest BCUT2D eigenvalue weighted by Gasteiger charge is -2.10. The molecule has 156 valence electrons. The molecule has 0 spiro atoms. The molecule has 7 nitrogen and oxygen atoms in total. The van der Waals surface area contributed by atoms with Crippen LogP contribution in [0.15, 0.2) is 77.3 Å². The number of aromatic nitrogens is 2. The van der Waals surface area contributed by atoms with E-state index in [1.165, 1.54) is 19.2 Å². The summed E-state index contributed by atoms with van der Waals surface area (Å²) in [6.07, 6.45) is 0. The van der Waals surface area contributed by atoms with Gasteiger partial charge in [0.05, 0.1) is 7.11 Å². The van der Waals surface area contributed by atoms with Crippen molar-refractivity contribution in [3.8, 4) is 34.3 Å². The van der Waals surface area contributed by atoms with Gasteiger partial charge in [0.15, 0.2) is 18.1 Å². The predicted molar refractivity (Wildman–Crippen MR) is 112 cm³/mol. The number of benzene rings is 3. The molecule has 0 saturated carbocycles. The van der Waals surface area contributed by atoms with Crippen LogP contribution in [0, 0.1) is 5.82 Å². The van der Waals surface area contributed by atoms with Gasteiger partial charge in [-0.15, -0.1) is 0 Å². The number of nitrogens with zero attached hydrogens (tertiary/aromatic N) is 2. The molecule has 0 bridgehead atoms. The molecule has 4 aromatic rings. The number of halogens is 1.